The minimum atomic E-state index is -1.21. The molecule has 0 spiro atoms. The first-order valence-corrected chi connectivity index (χ1v) is 10.5. The van der Waals surface area contributed by atoms with Crippen molar-refractivity contribution in [1.29, 1.82) is 0 Å². The minimum Gasteiger partial charge on any atom is -0.479 e. The number of thiazole rings is 1. The van der Waals surface area contributed by atoms with Crippen LogP contribution in [-0.4, -0.2) is 53.4 Å². The highest BCUT2D eigenvalue weighted by Gasteiger charge is 2.29. The van der Waals surface area contributed by atoms with E-state index in [4.69, 9.17) is 14.7 Å². The molecule has 2 amide bonds. The first-order chi connectivity index (χ1) is 15.4. The third-order valence-electron chi connectivity index (χ3n) is 4.94. The lowest BCUT2D eigenvalue weighted by Gasteiger charge is -2.14. The molecular formula is C22H19N3O6S. The number of hydrogen-bond donors (Lipinski definition) is 2. The highest BCUT2D eigenvalue weighted by atomic mass is 32.1. The number of carbonyl (C=O) groups excluding carboxylic acids is 2. The summed E-state index contributed by atoms with van der Waals surface area (Å²) in [4.78, 5) is 43.9. The Morgan fingerprint density at radius 3 is 2.34 bits per heavy atom. The number of aromatic nitrogens is 1. The van der Waals surface area contributed by atoms with E-state index in [1.165, 1.54) is 12.4 Å². The van der Waals surface area contributed by atoms with Crippen molar-refractivity contribution in [3.05, 3.63) is 70.7 Å². The molecule has 0 saturated heterocycles. The third-order valence-corrected chi connectivity index (χ3v) is 5.70. The molecule has 0 fully saturated rings. The van der Waals surface area contributed by atoms with Crippen LogP contribution >= 0.6 is 11.3 Å². The van der Waals surface area contributed by atoms with Gasteiger partial charge in [-0.25, -0.2) is 19.6 Å². The monoisotopic (exact) mass is 453 g/mol. The van der Waals surface area contributed by atoms with E-state index in [0.717, 1.165) is 38.7 Å². The van der Waals surface area contributed by atoms with Crippen LogP contribution in [0, 0.1) is 0 Å². The molecular weight excluding hydrogens is 434 g/mol. The number of aliphatic carboxylic acids is 1. The predicted octanol–water partition coefficient (Wildman–Crippen LogP) is 3.59. The van der Waals surface area contributed by atoms with E-state index >= 15 is 0 Å². The van der Waals surface area contributed by atoms with Gasteiger partial charge in [-0.3, -0.25) is 14.9 Å². The maximum atomic E-state index is 12.3. The molecule has 1 aliphatic carbocycles. The number of nitrogens with zero attached hydrogens (tertiary/aromatic N) is 2. The normalized spacial score (nSPS) is 12.0. The maximum Gasteiger partial charge on any atom is 0.413 e. The summed E-state index contributed by atoms with van der Waals surface area (Å²) in [5.41, 5.74) is 4.49. The van der Waals surface area contributed by atoms with Gasteiger partial charge < -0.3 is 9.84 Å². The van der Waals surface area contributed by atoms with Gasteiger partial charge in [0.25, 0.3) is 5.91 Å². The van der Waals surface area contributed by atoms with E-state index in [2.05, 4.69) is 22.4 Å². The Bertz CT molecular complexity index is 1130. The largest absolute Gasteiger partial charge is 0.479 e. The number of ether oxygens (including phenoxy) is 1. The quantitative estimate of drug-likeness (QED) is 0.525. The minimum absolute atomic E-state index is 0.0110. The number of hydroxylamine groups is 2. The zero-order valence-electron chi connectivity index (χ0n) is 17.0. The summed E-state index contributed by atoms with van der Waals surface area (Å²) in [6.45, 7) is -0.500. The molecule has 0 atom stereocenters. The number of carboxylic acid groups (broad SMARTS) is 1. The highest BCUT2D eigenvalue weighted by molar-refractivity contribution is 7.14. The van der Waals surface area contributed by atoms with Crippen molar-refractivity contribution < 1.29 is 29.1 Å². The van der Waals surface area contributed by atoms with Gasteiger partial charge in [0, 0.05) is 18.3 Å². The second-order valence-electron chi connectivity index (χ2n) is 6.96. The molecule has 4 rings (SSSR count). The van der Waals surface area contributed by atoms with Crippen LogP contribution in [0.5, 0.6) is 0 Å². The zero-order valence-corrected chi connectivity index (χ0v) is 17.8. The molecule has 10 heteroatoms. The van der Waals surface area contributed by atoms with Gasteiger partial charge in [-0.15, -0.1) is 11.3 Å². The van der Waals surface area contributed by atoms with Crippen molar-refractivity contribution >= 4 is 34.4 Å². The SMILES string of the molecule is CN(OCC(=O)O)C(=O)c1csc(NC(=O)OCC2c3ccccc3-c3ccccc32)n1. The number of fused-ring (bicyclic) bond motifs is 3. The molecule has 2 N–H and O–H groups in total. The Morgan fingerprint density at radius 2 is 1.72 bits per heavy atom. The molecule has 164 valence electrons. The van der Waals surface area contributed by atoms with Crippen LogP contribution in [-0.2, 0) is 14.4 Å². The van der Waals surface area contributed by atoms with Crippen molar-refractivity contribution in [2.24, 2.45) is 0 Å². The summed E-state index contributed by atoms with van der Waals surface area (Å²) >= 11 is 1.04. The fourth-order valence-electron chi connectivity index (χ4n) is 3.52. The van der Waals surface area contributed by atoms with Crippen LogP contribution in [0.25, 0.3) is 11.1 Å². The smallest absolute Gasteiger partial charge is 0.413 e. The molecule has 9 nitrogen and oxygen atoms in total. The number of rotatable bonds is 7. The average molecular weight is 453 g/mol. The van der Waals surface area contributed by atoms with E-state index < -0.39 is 24.6 Å². The second-order valence-corrected chi connectivity index (χ2v) is 7.82. The lowest BCUT2D eigenvalue weighted by atomic mass is 9.98. The topological polar surface area (TPSA) is 118 Å². The van der Waals surface area contributed by atoms with Crippen molar-refractivity contribution in [3.63, 3.8) is 0 Å². The summed E-state index contributed by atoms with van der Waals surface area (Å²) in [6.07, 6.45) is -0.685. The van der Waals surface area contributed by atoms with Crippen LogP contribution in [0.1, 0.15) is 27.5 Å². The van der Waals surface area contributed by atoms with Gasteiger partial charge in [0.1, 0.15) is 12.3 Å². The Balaban J connectivity index is 1.36. The van der Waals surface area contributed by atoms with Crippen molar-refractivity contribution in [2.75, 3.05) is 25.6 Å². The van der Waals surface area contributed by atoms with Gasteiger partial charge >= 0.3 is 12.1 Å². The van der Waals surface area contributed by atoms with E-state index in [1.54, 1.807) is 0 Å². The lowest BCUT2D eigenvalue weighted by molar-refractivity contribution is -0.159. The van der Waals surface area contributed by atoms with Crippen LogP contribution in [0.4, 0.5) is 9.93 Å². The van der Waals surface area contributed by atoms with Crippen LogP contribution < -0.4 is 5.32 Å². The Kier molecular flexibility index (Phi) is 6.15. The molecule has 0 aliphatic heterocycles. The number of benzene rings is 2. The fraction of sp³-hybridized carbons (Fsp3) is 0.182. The molecule has 0 radical (unpaired) electrons. The number of hydrogen-bond acceptors (Lipinski definition) is 7. The molecule has 1 aromatic heterocycles. The van der Waals surface area contributed by atoms with Gasteiger partial charge in [-0.2, -0.15) is 0 Å². The van der Waals surface area contributed by atoms with Crippen LogP contribution in [0.2, 0.25) is 0 Å². The van der Waals surface area contributed by atoms with Crippen molar-refractivity contribution in [3.8, 4) is 11.1 Å². The second kappa shape index (κ2) is 9.16. The highest BCUT2D eigenvalue weighted by Crippen LogP contribution is 2.44. The van der Waals surface area contributed by atoms with Gasteiger partial charge in [-0.05, 0) is 22.3 Å². The van der Waals surface area contributed by atoms with E-state index in [0.29, 0.717) is 0 Å². The Labute approximate surface area is 187 Å². The molecule has 32 heavy (non-hydrogen) atoms. The first-order valence-electron chi connectivity index (χ1n) is 9.64. The van der Waals surface area contributed by atoms with E-state index in [-0.39, 0.29) is 23.4 Å². The van der Waals surface area contributed by atoms with Gasteiger partial charge in [0.2, 0.25) is 0 Å². The summed E-state index contributed by atoms with van der Waals surface area (Å²) in [5.74, 6) is -1.91. The molecule has 1 heterocycles. The molecule has 2 aromatic carbocycles. The van der Waals surface area contributed by atoms with Crippen molar-refractivity contribution in [2.45, 2.75) is 5.92 Å². The standard InChI is InChI=1S/C22H19N3O6S/c1-25(31-11-19(26)27)20(28)18-12-32-21(23-18)24-22(29)30-10-17-15-8-4-2-6-13(15)14-7-3-5-9-16(14)17/h2-9,12,17H,10-11H2,1H3,(H,26,27)(H,23,24,29). The molecule has 0 saturated carbocycles. The average Bonchev–Trinajstić information content (AvgIpc) is 3.38. The van der Waals surface area contributed by atoms with E-state index in [1.807, 2.05) is 36.4 Å². The molecule has 0 unspecified atom stereocenters. The molecule has 0 bridgehead atoms. The maximum absolute atomic E-state index is 12.3. The van der Waals surface area contributed by atoms with Crippen LogP contribution in [0.3, 0.4) is 0 Å². The van der Waals surface area contributed by atoms with Gasteiger partial charge in [0.15, 0.2) is 11.7 Å². The zero-order chi connectivity index (χ0) is 22.7. The number of anilines is 1. The van der Waals surface area contributed by atoms with Gasteiger partial charge in [0.05, 0.1) is 0 Å². The molecule has 3 aromatic rings. The number of nitrogens with one attached hydrogen (secondary N) is 1. The first kappa shape index (κ1) is 21.5. The number of amides is 2. The Hall–Kier alpha value is -3.76. The van der Waals surface area contributed by atoms with Gasteiger partial charge in [-0.1, -0.05) is 48.5 Å². The fourth-order valence-corrected chi connectivity index (χ4v) is 4.19. The number of carbonyl (C=O) groups is 3. The summed E-state index contributed by atoms with van der Waals surface area (Å²) < 4.78 is 5.46. The van der Waals surface area contributed by atoms with E-state index in [9.17, 15) is 14.4 Å². The van der Waals surface area contributed by atoms with Crippen molar-refractivity contribution in [1.82, 2.24) is 10.0 Å². The summed E-state index contributed by atoms with van der Waals surface area (Å²) in [7, 11) is 1.28. The number of carboxylic acids is 1. The summed E-state index contributed by atoms with van der Waals surface area (Å²) in [6, 6.07) is 16.1. The Morgan fingerprint density at radius 1 is 1.09 bits per heavy atom. The lowest BCUT2D eigenvalue weighted by Crippen LogP contribution is -2.29. The molecule has 1 aliphatic rings. The predicted molar refractivity (Wildman–Crippen MR) is 116 cm³/mol. The van der Waals surface area contributed by atoms with Crippen LogP contribution in [0.15, 0.2) is 53.9 Å². The summed E-state index contributed by atoms with van der Waals surface area (Å²) in [5, 5.41) is 13.5. The third kappa shape index (κ3) is 4.46.